The van der Waals surface area contributed by atoms with Gasteiger partial charge in [-0.05, 0) is 12.3 Å². The summed E-state index contributed by atoms with van der Waals surface area (Å²) >= 11 is 0. The number of halogens is 4. The largest absolute Gasteiger partial charge is 0.394 e. The zero-order valence-electron chi connectivity index (χ0n) is 5.45. The van der Waals surface area contributed by atoms with Crippen LogP contribution in [-0.2, 0) is 0 Å². The quantitative estimate of drug-likeness (QED) is 0.473. The molecule has 1 saturated carbocycles. The van der Waals surface area contributed by atoms with E-state index in [1.807, 2.05) is 0 Å². The molecule has 1 aliphatic carbocycles. The minimum Gasteiger partial charge on any atom is -0.247 e. The van der Waals surface area contributed by atoms with Crippen LogP contribution >= 0.6 is 0 Å². The van der Waals surface area contributed by atoms with Crippen LogP contribution in [0.1, 0.15) is 13.3 Å². The van der Waals surface area contributed by atoms with Crippen molar-refractivity contribution in [1.29, 1.82) is 0 Å². The maximum atomic E-state index is 12.2. The summed E-state index contributed by atoms with van der Waals surface area (Å²) in [6.45, 7) is 1.42. The van der Waals surface area contributed by atoms with E-state index in [-0.39, 0.29) is 6.42 Å². The Morgan fingerprint density at radius 1 is 1.30 bits per heavy atom. The van der Waals surface area contributed by atoms with Crippen molar-refractivity contribution < 1.29 is 17.6 Å². The Morgan fingerprint density at radius 3 is 1.90 bits per heavy atom. The molecule has 4 heteroatoms. The van der Waals surface area contributed by atoms with Gasteiger partial charge in [0.15, 0.2) is 0 Å². The fraction of sp³-hybridized carbons (Fsp3) is 1.00. The molecule has 0 aromatic carbocycles. The Bertz CT molecular complexity index is 120. The van der Waals surface area contributed by atoms with E-state index in [0.29, 0.717) is 0 Å². The lowest BCUT2D eigenvalue weighted by Gasteiger charge is -2.38. The molecule has 3 unspecified atom stereocenters. The third-order valence-electron chi connectivity index (χ3n) is 1.98. The van der Waals surface area contributed by atoms with Gasteiger partial charge in [0.05, 0.1) is 5.92 Å². The normalized spacial score (nSPS) is 41.1. The molecular weight excluding hydrogens is 148 g/mol. The summed E-state index contributed by atoms with van der Waals surface area (Å²) in [4.78, 5) is 0. The molecule has 10 heavy (non-hydrogen) atoms. The molecule has 0 nitrogen and oxygen atoms in total. The van der Waals surface area contributed by atoms with Gasteiger partial charge >= 0.3 is 6.18 Å². The Morgan fingerprint density at radius 2 is 1.80 bits per heavy atom. The standard InChI is InChI=1S/C6H8F4/c1-3-2-4(7)5(3)6(8,9)10/h3-5H,2H2,1H3. The molecule has 0 spiro atoms. The number of hydrogen-bond donors (Lipinski definition) is 0. The first kappa shape index (κ1) is 7.82. The zero-order chi connectivity index (χ0) is 7.94. The van der Waals surface area contributed by atoms with Crippen LogP contribution < -0.4 is 0 Å². The van der Waals surface area contributed by atoms with Gasteiger partial charge in [-0.1, -0.05) is 6.92 Å². The third kappa shape index (κ3) is 1.11. The molecule has 0 heterocycles. The molecule has 0 aliphatic heterocycles. The lowest BCUT2D eigenvalue weighted by atomic mass is 9.73. The molecule has 0 bridgehead atoms. The van der Waals surface area contributed by atoms with Gasteiger partial charge in [-0.2, -0.15) is 13.2 Å². The lowest BCUT2D eigenvalue weighted by molar-refractivity contribution is -0.234. The highest BCUT2D eigenvalue weighted by atomic mass is 19.4. The van der Waals surface area contributed by atoms with E-state index >= 15 is 0 Å². The molecule has 0 amide bonds. The highest BCUT2D eigenvalue weighted by molar-refractivity contribution is 4.91. The summed E-state index contributed by atoms with van der Waals surface area (Å²) in [7, 11) is 0. The molecule has 1 rings (SSSR count). The van der Waals surface area contributed by atoms with E-state index in [4.69, 9.17) is 0 Å². The van der Waals surface area contributed by atoms with Gasteiger partial charge in [0.25, 0.3) is 0 Å². The summed E-state index contributed by atoms with van der Waals surface area (Å²) in [6.07, 6.45) is -5.93. The smallest absolute Gasteiger partial charge is 0.247 e. The first-order valence-electron chi connectivity index (χ1n) is 3.13. The topological polar surface area (TPSA) is 0 Å². The van der Waals surface area contributed by atoms with Gasteiger partial charge in [0, 0.05) is 0 Å². The van der Waals surface area contributed by atoms with Crippen LogP contribution in [0.15, 0.2) is 0 Å². The molecule has 0 aromatic heterocycles. The van der Waals surface area contributed by atoms with Crippen LogP contribution in [0.4, 0.5) is 17.6 Å². The van der Waals surface area contributed by atoms with Crippen molar-refractivity contribution in [3.63, 3.8) is 0 Å². The average Bonchev–Trinajstić information content (AvgIpc) is 1.58. The van der Waals surface area contributed by atoms with Crippen molar-refractivity contribution in [3.05, 3.63) is 0 Å². The maximum Gasteiger partial charge on any atom is 0.394 e. The van der Waals surface area contributed by atoms with Gasteiger partial charge in [-0.25, -0.2) is 4.39 Å². The van der Waals surface area contributed by atoms with E-state index in [0.717, 1.165) is 0 Å². The Balaban J connectivity index is 2.55. The molecular formula is C6H8F4. The predicted molar refractivity (Wildman–Crippen MR) is 28.2 cm³/mol. The van der Waals surface area contributed by atoms with E-state index in [1.54, 1.807) is 0 Å². The van der Waals surface area contributed by atoms with Crippen LogP contribution in [-0.4, -0.2) is 12.3 Å². The third-order valence-corrected chi connectivity index (χ3v) is 1.98. The van der Waals surface area contributed by atoms with E-state index in [9.17, 15) is 17.6 Å². The molecule has 3 atom stereocenters. The van der Waals surface area contributed by atoms with Crippen molar-refractivity contribution in [1.82, 2.24) is 0 Å². The van der Waals surface area contributed by atoms with Crippen molar-refractivity contribution in [2.75, 3.05) is 0 Å². The zero-order valence-corrected chi connectivity index (χ0v) is 5.45. The molecule has 1 aliphatic rings. The second-order valence-electron chi connectivity index (χ2n) is 2.80. The van der Waals surface area contributed by atoms with Crippen LogP contribution in [0.2, 0.25) is 0 Å². The van der Waals surface area contributed by atoms with E-state index < -0.39 is 24.2 Å². The van der Waals surface area contributed by atoms with Crippen molar-refractivity contribution in [3.8, 4) is 0 Å². The fourth-order valence-electron chi connectivity index (χ4n) is 1.34. The predicted octanol–water partition coefficient (Wildman–Crippen LogP) is 2.54. The van der Waals surface area contributed by atoms with Gasteiger partial charge in [-0.15, -0.1) is 0 Å². The average molecular weight is 156 g/mol. The van der Waals surface area contributed by atoms with Gasteiger partial charge in [0.2, 0.25) is 0 Å². The molecule has 60 valence electrons. The minimum absolute atomic E-state index is 0.0597. The summed E-state index contributed by atoms with van der Waals surface area (Å²) in [6, 6.07) is 0. The van der Waals surface area contributed by atoms with Crippen molar-refractivity contribution >= 4 is 0 Å². The Labute approximate surface area is 56.2 Å². The van der Waals surface area contributed by atoms with Crippen LogP contribution in [0.3, 0.4) is 0 Å². The summed E-state index contributed by atoms with van der Waals surface area (Å²) in [5.74, 6) is -2.23. The molecule has 0 N–H and O–H groups in total. The summed E-state index contributed by atoms with van der Waals surface area (Å²) < 4.78 is 47.5. The fourth-order valence-corrected chi connectivity index (χ4v) is 1.34. The van der Waals surface area contributed by atoms with E-state index in [2.05, 4.69) is 0 Å². The van der Waals surface area contributed by atoms with Crippen molar-refractivity contribution in [2.24, 2.45) is 11.8 Å². The monoisotopic (exact) mass is 156 g/mol. The molecule has 1 fully saturated rings. The van der Waals surface area contributed by atoms with Crippen molar-refractivity contribution in [2.45, 2.75) is 25.7 Å². The van der Waals surface area contributed by atoms with Gasteiger partial charge in [-0.3, -0.25) is 0 Å². The van der Waals surface area contributed by atoms with Crippen LogP contribution in [0, 0.1) is 11.8 Å². The number of hydrogen-bond acceptors (Lipinski definition) is 0. The second-order valence-corrected chi connectivity index (χ2v) is 2.80. The molecule has 0 radical (unpaired) electrons. The SMILES string of the molecule is CC1CC(F)C1C(F)(F)F. The Kier molecular flexibility index (Phi) is 1.65. The lowest BCUT2D eigenvalue weighted by Crippen LogP contribution is -2.46. The van der Waals surface area contributed by atoms with Gasteiger partial charge < -0.3 is 0 Å². The summed E-state index contributed by atoms with van der Waals surface area (Å²) in [5, 5.41) is 0. The second kappa shape index (κ2) is 2.10. The van der Waals surface area contributed by atoms with Crippen LogP contribution in [0.25, 0.3) is 0 Å². The molecule has 0 saturated heterocycles. The van der Waals surface area contributed by atoms with Gasteiger partial charge in [0.1, 0.15) is 6.17 Å². The molecule has 0 aromatic rings. The first-order chi connectivity index (χ1) is 4.43. The number of rotatable bonds is 0. The number of alkyl halides is 4. The maximum absolute atomic E-state index is 12.2. The Hall–Kier alpha value is -0.280. The summed E-state index contributed by atoms with van der Waals surface area (Å²) in [5.41, 5.74) is 0. The first-order valence-corrected chi connectivity index (χ1v) is 3.13. The van der Waals surface area contributed by atoms with E-state index in [1.165, 1.54) is 6.92 Å². The highest BCUT2D eigenvalue weighted by Gasteiger charge is 2.55. The van der Waals surface area contributed by atoms with Crippen LogP contribution in [0.5, 0.6) is 0 Å². The highest BCUT2D eigenvalue weighted by Crippen LogP contribution is 2.46. The minimum atomic E-state index is -4.34.